The highest BCUT2D eigenvalue weighted by molar-refractivity contribution is 7.10. The maximum absolute atomic E-state index is 13.6. The number of alkyl halides is 3. The zero-order chi connectivity index (χ0) is 20.1. The molecule has 1 aromatic carbocycles. The second-order valence-electron chi connectivity index (χ2n) is 6.30. The topological polar surface area (TPSA) is 58.7 Å². The molecule has 1 aliphatic heterocycles. The summed E-state index contributed by atoms with van der Waals surface area (Å²) in [5, 5.41) is -1.07. The predicted molar refractivity (Wildman–Crippen MR) is 90.2 cm³/mol. The van der Waals surface area contributed by atoms with Gasteiger partial charge in [-0.15, -0.1) is 11.3 Å². The molecule has 0 aliphatic carbocycles. The quantitative estimate of drug-likeness (QED) is 0.775. The van der Waals surface area contributed by atoms with Gasteiger partial charge in [0, 0.05) is 11.9 Å². The number of likely N-dealkylation sites (N-methyl/N-ethyl adjacent to an activating group) is 1. The van der Waals surface area contributed by atoms with Crippen LogP contribution in [0.2, 0.25) is 0 Å². The van der Waals surface area contributed by atoms with Gasteiger partial charge in [-0.3, -0.25) is 9.69 Å². The van der Waals surface area contributed by atoms with E-state index < -0.39 is 40.1 Å². The van der Waals surface area contributed by atoms with Crippen LogP contribution in [-0.4, -0.2) is 23.8 Å². The molecule has 0 bridgehead atoms. The van der Waals surface area contributed by atoms with Crippen LogP contribution in [0.1, 0.15) is 28.8 Å². The summed E-state index contributed by atoms with van der Waals surface area (Å²) in [5.74, 6) is -2.89. The fourth-order valence-corrected chi connectivity index (χ4v) is 3.93. The highest BCUT2D eigenvalue weighted by Crippen LogP contribution is 2.46. The van der Waals surface area contributed by atoms with Crippen molar-refractivity contribution < 1.29 is 26.7 Å². The first-order valence-electron chi connectivity index (χ1n) is 7.70. The number of aliphatic imine (C=N–C) groups is 1. The normalized spacial score (nSPS) is 23.5. The Kier molecular flexibility index (Phi) is 4.49. The van der Waals surface area contributed by atoms with Crippen molar-refractivity contribution in [3.8, 4) is 0 Å². The minimum Gasteiger partial charge on any atom is -0.369 e. The highest BCUT2D eigenvalue weighted by atomic mass is 32.1. The van der Waals surface area contributed by atoms with Crippen LogP contribution in [0, 0.1) is 10.9 Å². The summed E-state index contributed by atoms with van der Waals surface area (Å²) in [6.45, 7) is 1.47. The molecule has 1 aromatic heterocycles. The van der Waals surface area contributed by atoms with E-state index in [4.69, 9.17) is 5.73 Å². The van der Waals surface area contributed by atoms with Crippen LogP contribution >= 0.6 is 11.3 Å². The molecule has 2 atom stereocenters. The van der Waals surface area contributed by atoms with Gasteiger partial charge in [-0.05, 0) is 30.7 Å². The summed E-state index contributed by atoms with van der Waals surface area (Å²) >= 11 is 0.476. The number of guanidine groups is 1. The summed E-state index contributed by atoms with van der Waals surface area (Å²) in [6.07, 6.45) is -4.53. The Balaban J connectivity index is 2.16. The fraction of sp³-hybridized carbons (Fsp3) is 0.294. The van der Waals surface area contributed by atoms with Crippen molar-refractivity contribution in [2.75, 3.05) is 7.05 Å². The summed E-state index contributed by atoms with van der Waals surface area (Å²) in [7, 11) is 1.37. The molecule has 0 saturated heterocycles. The van der Waals surface area contributed by atoms with Crippen LogP contribution < -0.4 is 5.73 Å². The average molecular weight is 403 g/mol. The number of nitrogens with zero attached hydrogens (tertiary/aromatic N) is 2. The smallest absolute Gasteiger partial charge is 0.369 e. The SMILES string of the molecule is CN1C(=O)[C@H](c2ccc(C(F)(F)F)cc2)[C@@](C)(c2cc(F)c(F)s2)N=C1N. The average Bonchev–Trinajstić information content (AvgIpc) is 2.92. The summed E-state index contributed by atoms with van der Waals surface area (Å²) in [4.78, 5) is 18.3. The lowest BCUT2D eigenvalue weighted by Crippen LogP contribution is -2.52. The lowest BCUT2D eigenvalue weighted by atomic mass is 9.77. The van der Waals surface area contributed by atoms with Crippen LogP contribution in [0.25, 0.3) is 0 Å². The maximum Gasteiger partial charge on any atom is 0.416 e. The molecule has 2 heterocycles. The highest BCUT2D eigenvalue weighted by Gasteiger charge is 2.48. The number of hydrogen-bond acceptors (Lipinski definition) is 4. The molecule has 2 aromatic rings. The van der Waals surface area contributed by atoms with Crippen molar-refractivity contribution >= 4 is 23.2 Å². The van der Waals surface area contributed by atoms with Crippen molar-refractivity contribution in [2.24, 2.45) is 10.7 Å². The molecular weight excluding hydrogens is 389 g/mol. The van der Waals surface area contributed by atoms with Gasteiger partial charge in [-0.25, -0.2) is 9.38 Å². The number of hydrogen-bond donors (Lipinski definition) is 1. The lowest BCUT2D eigenvalue weighted by molar-refractivity contribution is -0.137. The number of rotatable bonds is 2. The molecule has 3 rings (SSSR count). The Morgan fingerprint density at radius 2 is 1.81 bits per heavy atom. The predicted octanol–water partition coefficient (Wildman–Crippen LogP) is 3.83. The van der Waals surface area contributed by atoms with Gasteiger partial charge < -0.3 is 5.73 Å². The monoisotopic (exact) mass is 403 g/mol. The van der Waals surface area contributed by atoms with Crippen LogP contribution in [0.4, 0.5) is 22.0 Å². The van der Waals surface area contributed by atoms with E-state index in [1.54, 1.807) is 0 Å². The van der Waals surface area contributed by atoms with Crippen molar-refractivity contribution in [1.29, 1.82) is 0 Å². The van der Waals surface area contributed by atoms with Crippen molar-refractivity contribution in [3.63, 3.8) is 0 Å². The maximum atomic E-state index is 13.6. The molecule has 0 unspecified atom stereocenters. The lowest BCUT2D eigenvalue weighted by Gasteiger charge is -2.40. The zero-order valence-electron chi connectivity index (χ0n) is 14.1. The molecule has 0 saturated carbocycles. The standard InChI is InChI=1S/C17H14F5N3OS/c1-16(11-7-10(18)13(19)27-11)12(14(26)25(2)15(23)24-16)8-3-5-9(6-4-8)17(20,21)22/h3-7,12H,1-2H3,(H2,23,24)/t12-,16+/m0/s1. The Bertz CT molecular complexity index is 902. The Morgan fingerprint density at radius 1 is 1.22 bits per heavy atom. The third-order valence-corrected chi connectivity index (χ3v) is 5.67. The minimum absolute atomic E-state index is 0.104. The van der Waals surface area contributed by atoms with Gasteiger partial charge in [0.2, 0.25) is 11.0 Å². The molecule has 27 heavy (non-hydrogen) atoms. The molecule has 1 amide bonds. The van der Waals surface area contributed by atoms with Gasteiger partial charge in [0.15, 0.2) is 11.8 Å². The third-order valence-electron chi connectivity index (χ3n) is 4.55. The molecule has 10 heteroatoms. The second-order valence-corrected chi connectivity index (χ2v) is 7.30. The number of benzene rings is 1. The first-order chi connectivity index (χ1) is 12.4. The van der Waals surface area contributed by atoms with Gasteiger partial charge in [0.25, 0.3) is 0 Å². The number of halogens is 5. The summed E-state index contributed by atoms with van der Waals surface area (Å²) in [5.41, 5.74) is 3.66. The van der Waals surface area contributed by atoms with Crippen molar-refractivity contribution in [3.05, 3.63) is 57.3 Å². The first kappa shape index (κ1) is 19.3. The third kappa shape index (κ3) is 3.18. The van der Waals surface area contributed by atoms with Crippen LogP contribution in [0.3, 0.4) is 0 Å². The van der Waals surface area contributed by atoms with E-state index in [-0.39, 0.29) is 16.4 Å². The van der Waals surface area contributed by atoms with E-state index in [1.807, 2.05) is 0 Å². The number of carbonyl (C=O) groups excluding carboxylic acids is 1. The number of nitrogens with two attached hydrogens (primary N) is 1. The second kappa shape index (κ2) is 6.29. The van der Waals surface area contributed by atoms with Gasteiger partial charge in [-0.1, -0.05) is 12.1 Å². The van der Waals surface area contributed by atoms with Gasteiger partial charge in [-0.2, -0.15) is 17.6 Å². The van der Waals surface area contributed by atoms with E-state index >= 15 is 0 Å². The van der Waals surface area contributed by atoms with Crippen molar-refractivity contribution in [2.45, 2.75) is 24.6 Å². The largest absolute Gasteiger partial charge is 0.416 e. The fourth-order valence-electron chi connectivity index (χ4n) is 3.05. The van der Waals surface area contributed by atoms with Crippen molar-refractivity contribution in [1.82, 2.24) is 4.90 Å². The summed E-state index contributed by atoms with van der Waals surface area (Å²) < 4.78 is 65.6. The number of carbonyl (C=O) groups is 1. The zero-order valence-corrected chi connectivity index (χ0v) is 15.0. The molecule has 144 valence electrons. The van der Waals surface area contributed by atoms with E-state index in [0.29, 0.717) is 11.3 Å². The molecule has 2 N–H and O–H groups in total. The Labute approximate surface area is 155 Å². The number of thiophene rings is 1. The van der Waals surface area contributed by atoms with Gasteiger partial charge in [0.1, 0.15) is 5.54 Å². The van der Waals surface area contributed by atoms with E-state index in [2.05, 4.69) is 4.99 Å². The van der Waals surface area contributed by atoms with E-state index in [1.165, 1.54) is 14.0 Å². The van der Waals surface area contributed by atoms with Gasteiger partial charge >= 0.3 is 6.18 Å². The van der Waals surface area contributed by atoms with Crippen LogP contribution in [0.15, 0.2) is 35.3 Å². The first-order valence-corrected chi connectivity index (χ1v) is 8.52. The Morgan fingerprint density at radius 3 is 2.30 bits per heavy atom. The molecular formula is C17H14F5N3OS. The van der Waals surface area contributed by atoms with E-state index in [0.717, 1.165) is 35.2 Å². The summed E-state index contributed by atoms with van der Waals surface area (Å²) in [6, 6.07) is 4.94. The molecule has 1 aliphatic rings. The minimum atomic E-state index is -4.53. The van der Waals surface area contributed by atoms with E-state index in [9.17, 15) is 26.7 Å². The van der Waals surface area contributed by atoms with Gasteiger partial charge in [0.05, 0.1) is 11.5 Å². The molecule has 0 fully saturated rings. The number of amides is 1. The molecule has 4 nitrogen and oxygen atoms in total. The molecule has 0 radical (unpaired) electrons. The van der Waals surface area contributed by atoms with Crippen LogP contribution in [0.5, 0.6) is 0 Å². The molecule has 0 spiro atoms. The Hall–Kier alpha value is -2.49. The van der Waals surface area contributed by atoms with Crippen LogP contribution in [-0.2, 0) is 16.5 Å².